The van der Waals surface area contributed by atoms with Gasteiger partial charge in [-0.25, -0.2) is 0 Å². The van der Waals surface area contributed by atoms with Crippen LogP contribution in [0.1, 0.15) is 15.2 Å². The number of benzene rings is 1. The van der Waals surface area contributed by atoms with Gasteiger partial charge >= 0.3 is 0 Å². The third kappa shape index (κ3) is 3.99. The van der Waals surface area contributed by atoms with E-state index in [1.54, 1.807) is 37.7 Å². The molecular weight excluding hydrogens is 422 g/mol. The van der Waals surface area contributed by atoms with E-state index in [-0.39, 0.29) is 5.91 Å². The van der Waals surface area contributed by atoms with Gasteiger partial charge in [0, 0.05) is 10.4 Å². The summed E-state index contributed by atoms with van der Waals surface area (Å²) in [6.07, 6.45) is 0. The van der Waals surface area contributed by atoms with Gasteiger partial charge in [-0.1, -0.05) is 0 Å². The Morgan fingerprint density at radius 3 is 2.29 bits per heavy atom. The Kier molecular flexibility index (Phi) is 5.66. The molecule has 4 nitrogen and oxygen atoms in total. The molecule has 0 atom stereocenters. The van der Waals surface area contributed by atoms with Crippen molar-refractivity contribution in [2.45, 2.75) is 6.54 Å². The molecule has 0 radical (unpaired) electrons. The summed E-state index contributed by atoms with van der Waals surface area (Å²) < 4.78 is 12.2. The number of halogens is 2. The lowest BCUT2D eigenvalue weighted by atomic mass is 10.2. The SMILES string of the molecule is COc1cc(C(=O)NCc2ccc(Br)s2)cc(OC)c1Br. The predicted molar refractivity (Wildman–Crippen MR) is 90.4 cm³/mol. The van der Waals surface area contributed by atoms with Crippen molar-refractivity contribution in [2.75, 3.05) is 14.2 Å². The molecule has 7 heteroatoms. The van der Waals surface area contributed by atoms with Gasteiger partial charge in [-0.15, -0.1) is 11.3 Å². The van der Waals surface area contributed by atoms with Crippen LogP contribution in [0, 0.1) is 0 Å². The maximum absolute atomic E-state index is 12.2. The molecule has 2 rings (SSSR count). The fraction of sp³-hybridized carbons (Fsp3) is 0.214. The van der Waals surface area contributed by atoms with Gasteiger partial charge in [0.25, 0.3) is 5.91 Å². The van der Waals surface area contributed by atoms with Gasteiger partial charge in [0.15, 0.2) is 0 Å². The first-order valence-corrected chi connectivity index (χ1v) is 8.39. The quantitative estimate of drug-likeness (QED) is 0.766. The lowest BCUT2D eigenvalue weighted by Crippen LogP contribution is -2.22. The minimum absolute atomic E-state index is 0.177. The Morgan fingerprint density at radius 1 is 1.19 bits per heavy atom. The van der Waals surface area contributed by atoms with Crippen LogP contribution < -0.4 is 14.8 Å². The number of amides is 1. The zero-order chi connectivity index (χ0) is 15.4. The molecule has 21 heavy (non-hydrogen) atoms. The van der Waals surface area contributed by atoms with E-state index in [0.29, 0.717) is 28.1 Å². The van der Waals surface area contributed by atoms with Crippen molar-refractivity contribution in [3.8, 4) is 11.5 Å². The first-order valence-electron chi connectivity index (χ1n) is 5.99. The molecule has 0 aliphatic heterocycles. The van der Waals surface area contributed by atoms with E-state index >= 15 is 0 Å². The summed E-state index contributed by atoms with van der Waals surface area (Å²) >= 11 is 8.36. The molecule has 1 amide bonds. The number of hydrogen-bond donors (Lipinski definition) is 1. The highest BCUT2D eigenvalue weighted by atomic mass is 79.9. The standard InChI is InChI=1S/C14H13Br2NO3S/c1-19-10-5-8(6-11(20-2)13(10)16)14(18)17-7-9-3-4-12(15)21-9/h3-6H,7H2,1-2H3,(H,17,18). The van der Waals surface area contributed by atoms with Gasteiger partial charge in [-0.3, -0.25) is 4.79 Å². The number of carbonyl (C=O) groups excluding carboxylic acids is 1. The van der Waals surface area contributed by atoms with Crippen LogP contribution in [-0.4, -0.2) is 20.1 Å². The lowest BCUT2D eigenvalue weighted by molar-refractivity contribution is 0.0950. The summed E-state index contributed by atoms with van der Waals surface area (Å²) in [5.41, 5.74) is 0.488. The van der Waals surface area contributed by atoms with Gasteiger partial charge in [-0.2, -0.15) is 0 Å². The van der Waals surface area contributed by atoms with E-state index < -0.39 is 0 Å². The molecule has 1 aromatic heterocycles. The molecule has 0 bridgehead atoms. The van der Waals surface area contributed by atoms with E-state index in [0.717, 1.165) is 8.66 Å². The summed E-state index contributed by atoms with van der Waals surface area (Å²) in [7, 11) is 3.09. The molecule has 0 saturated carbocycles. The summed E-state index contributed by atoms with van der Waals surface area (Å²) in [6, 6.07) is 7.27. The summed E-state index contributed by atoms with van der Waals surface area (Å²) in [5.74, 6) is 0.931. The average molecular weight is 435 g/mol. The first kappa shape index (κ1) is 16.3. The molecule has 0 spiro atoms. The Balaban J connectivity index is 2.15. The molecule has 112 valence electrons. The third-order valence-electron chi connectivity index (χ3n) is 2.76. The second kappa shape index (κ2) is 7.29. The maximum Gasteiger partial charge on any atom is 0.251 e. The monoisotopic (exact) mass is 433 g/mol. The van der Waals surface area contributed by atoms with Crippen molar-refractivity contribution in [2.24, 2.45) is 0 Å². The predicted octanol–water partition coefficient (Wildman–Crippen LogP) is 4.22. The van der Waals surface area contributed by atoms with Crippen LogP contribution in [0.25, 0.3) is 0 Å². The summed E-state index contributed by atoms with van der Waals surface area (Å²) in [6.45, 7) is 0.482. The van der Waals surface area contributed by atoms with Crippen LogP contribution in [-0.2, 0) is 6.54 Å². The van der Waals surface area contributed by atoms with Crippen molar-refractivity contribution >= 4 is 49.1 Å². The Labute approximate surface area is 143 Å². The van der Waals surface area contributed by atoms with E-state index in [1.165, 1.54) is 0 Å². The van der Waals surface area contributed by atoms with E-state index in [1.807, 2.05) is 12.1 Å². The van der Waals surface area contributed by atoms with Gasteiger partial charge in [-0.05, 0) is 56.1 Å². The number of rotatable bonds is 5. The van der Waals surface area contributed by atoms with Gasteiger partial charge in [0.05, 0.1) is 24.6 Å². The van der Waals surface area contributed by atoms with Crippen molar-refractivity contribution < 1.29 is 14.3 Å². The number of ether oxygens (including phenoxy) is 2. The van der Waals surface area contributed by atoms with Crippen LogP contribution in [0.3, 0.4) is 0 Å². The fourth-order valence-electron chi connectivity index (χ4n) is 1.72. The topological polar surface area (TPSA) is 47.6 Å². The van der Waals surface area contributed by atoms with Gasteiger partial charge in [0.1, 0.15) is 16.0 Å². The molecule has 0 fully saturated rings. The summed E-state index contributed by atoms with van der Waals surface area (Å²) in [5, 5.41) is 2.87. The normalized spacial score (nSPS) is 10.3. The third-order valence-corrected chi connectivity index (χ3v) is 5.17. The van der Waals surface area contributed by atoms with Gasteiger partial charge in [0.2, 0.25) is 0 Å². The second-order valence-electron chi connectivity index (χ2n) is 4.08. The minimum Gasteiger partial charge on any atom is -0.495 e. The van der Waals surface area contributed by atoms with Crippen LogP contribution in [0.15, 0.2) is 32.5 Å². The van der Waals surface area contributed by atoms with Crippen molar-refractivity contribution in [1.82, 2.24) is 5.32 Å². The van der Waals surface area contributed by atoms with E-state index in [9.17, 15) is 4.79 Å². The number of thiophene rings is 1. The zero-order valence-electron chi connectivity index (χ0n) is 11.4. The maximum atomic E-state index is 12.2. The highest BCUT2D eigenvalue weighted by Crippen LogP contribution is 2.35. The largest absolute Gasteiger partial charge is 0.495 e. The number of carbonyl (C=O) groups is 1. The highest BCUT2D eigenvalue weighted by Gasteiger charge is 2.14. The Morgan fingerprint density at radius 2 is 1.81 bits per heavy atom. The smallest absolute Gasteiger partial charge is 0.251 e. The van der Waals surface area contributed by atoms with Crippen molar-refractivity contribution in [1.29, 1.82) is 0 Å². The van der Waals surface area contributed by atoms with Crippen LogP contribution in [0.2, 0.25) is 0 Å². The molecule has 0 unspecified atom stereocenters. The van der Waals surface area contributed by atoms with E-state index in [2.05, 4.69) is 37.2 Å². The number of nitrogens with one attached hydrogen (secondary N) is 1. The highest BCUT2D eigenvalue weighted by molar-refractivity contribution is 9.11. The number of hydrogen-bond acceptors (Lipinski definition) is 4. The molecule has 1 N–H and O–H groups in total. The lowest BCUT2D eigenvalue weighted by Gasteiger charge is -2.11. The minimum atomic E-state index is -0.177. The van der Waals surface area contributed by atoms with E-state index in [4.69, 9.17) is 9.47 Å². The molecule has 0 saturated heterocycles. The molecule has 1 aromatic carbocycles. The molecular formula is C14H13Br2NO3S. The molecule has 0 aliphatic carbocycles. The van der Waals surface area contributed by atoms with Crippen molar-refractivity contribution in [3.05, 3.63) is 43.0 Å². The van der Waals surface area contributed by atoms with Crippen molar-refractivity contribution in [3.63, 3.8) is 0 Å². The molecule has 1 heterocycles. The van der Waals surface area contributed by atoms with Crippen LogP contribution >= 0.6 is 43.2 Å². The molecule has 0 aliphatic rings. The first-order chi connectivity index (χ1) is 10.0. The molecule has 2 aromatic rings. The number of methoxy groups -OCH3 is 2. The van der Waals surface area contributed by atoms with Crippen LogP contribution in [0.4, 0.5) is 0 Å². The Bertz CT molecular complexity index is 632. The average Bonchev–Trinajstić information content (AvgIpc) is 2.90. The fourth-order valence-corrected chi connectivity index (χ4v) is 3.69. The van der Waals surface area contributed by atoms with Gasteiger partial charge < -0.3 is 14.8 Å². The Hall–Kier alpha value is -1.05. The summed E-state index contributed by atoms with van der Waals surface area (Å²) in [4.78, 5) is 13.3. The van der Waals surface area contributed by atoms with Crippen LogP contribution in [0.5, 0.6) is 11.5 Å². The second-order valence-corrected chi connectivity index (χ2v) is 7.42. The zero-order valence-corrected chi connectivity index (χ0v) is 15.4.